The molecule has 3 nitrogen and oxygen atoms in total. The molecule has 1 heterocycles. The zero-order chi connectivity index (χ0) is 19.2. The van der Waals surface area contributed by atoms with Gasteiger partial charge in [0.05, 0.1) is 10.5 Å². The lowest BCUT2D eigenvalue weighted by atomic mass is 10.0. The summed E-state index contributed by atoms with van der Waals surface area (Å²) < 4.78 is 0. The molecule has 0 aliphatic rings. The van der Waals surface area contributed by atoms with Crippen LogP contribution in [-0.4, -0.2) is 10.8 Å². The maximum absolute atomic E-state index is 12.5. The summed E-state index contributed by atoms with van der Waals surface area (Å²) >= 11 is 1.67. The molecule has 1 aromatic heterocycles. The number of rotatable bonds is 7. The Hall–Kier alpha value is -3.11. The molecule has 3 aromatic rings. The predicted molar refractivity (Wildman–Crippen MR) is 114 cm³/mol. The second-order valence-electron chi connectivity index (χ2n) is 5.93. The van der Waals surface area contributed by atoms with Crippen molar-refractivity contribution in [1.29, 1.82) is 0 Å². The maximum Gasteiger partial charge on any atom is 0.195 e. The van der Waals surface area contributed by atoms with Crippen molar-refractivity contribution in [3.63, 3.8) is 0 Å². The summed E-state index contributed by atoms with van der Waals surface area (Å²) in [6.45, 7) is 7.26. The first-order valence-electron chi connectivity index (χ1n) is 8.49. The summed E-state index contributed by atoms with van der Waals surface area (Å²) in [6, 6.07) is 19.7. The van der Waals surface area contributed by atoms with Gasteiger partial charge in [-0.2, -0.15) is 0 Å². The summed E-state index contributed by atoms with van der Waals surface area (Å²) in [5.74, 6) is 0.622. The lowest BCUT2D eigenvalue weighted by Crippen LogP contribution is -2.08. The van der Waals surface area contributed by atoms with Gasteiger partial charge in [0.15, 0.2) is 5.78 Å². The van der Waals surface area contributed by atoms with Gasteiger partial charge in [-0.3, -0.25) is 4.79 Å². The van der Waals surface area contributed by atoms with Crippen LogP contribution >= 0.6 is 11.8 Å². The third kappa shape index (κ3) is 4.36. The number of para-hydroxylation sites is 1. The molecule has 0 bridgehead atoms. The third-order valence-corrected chi connectivity index (χ3v) is 5.16. The van der Waals surface area contributed by atoms with Gasteiger partial charge in [0.1, 0.15) is 0 Å². The fourth-order valence-corrected chi connectivity index (χ4v) is 3.48. The number of allylic oxidation sites excluding steroid dienone is 3. The fraction of sp³-hybridized carbons (Fsp3) is 0.0435. The molecule has 0 atom stereocenters. The molecular weight excluding hydrogens is 352 g/mol. The van der Waals surface area contributed by atoms with E-state index in [9.17, 15) is 4.79 Å². The lowest BCUT2D eigenvalue weighted by molar-refractivity contribution is 0.103. The summed E-state index contributed by atoms with van der Waals surface area (Å²) in [5, 5.41) is 2.11. The number of benzene rings is 2. The van der Waals surface area contributed by atoms with E-state index >= 15 is 0 Å². The van der Waals surface area contributed by atoms with Crippen LogP contribution in [0.2, 0.25) is 0 Å². The molecule has 27 heavy (non-hydrogen) atoms. The van der Waals surface area contributed by atoms with Crippen LogP contribution in [0.1, 0.15) is 15.9 Å². The van der Waals surface area contributed by atoms with Crippen molar-refractivity contribution >= 4 is 28.4 Å². The van der Waals surface area contributed by atoms with E-state index in [1.165, 1.54) is 12.2 Å². The normalized spacial score (nSPS) is 11.7. The molecule has 0 saturated carbocycles. The largest absolute Gasteiger partial charge is 0.398 e. The minimum atomic E-state index is -0.155. The van der Waals surface area contributed by atoms with Crippen LogP contribution in [0, 0.1) is 0 Å². The van der Waals surface area contributed by atoms with E-state index in [2.05, 4.69) is 30.3 Å². The Labute approximate surface area is 163 Å². The Balaban J connectivity index is 1.71. The summed E-state index contributed by atoms with van der Waals surface area (Å²) in [7, 11) is 0. The minimum Gasteiger partial charge on any atom is -0.398 e. The van der Waals surface area contributed by atoms with Crippen LogP contribution in [0.4, 0.5) is 0 Å². The lowest BCUT2D eigenvalue weighted by Gasteiger charge is -2.07. The second-order valence-corrected chi connectivity index (χ2v) is 6.93. The van der Waals surface area contributed by atoms with Crippen LogP contribution < -0.4 is 5.73 Å². The first-order chi connectivity index (χ1) is 13.1. The number of carbonyl (C=O) groups is 1. The highest BCUT2D eigenvalue weighted by atomic mass is 32.2. The summed E-state index contributed by atoms with van der Waals surface area (Å²) in [6.07, 6.45) is 2.92. The minimum absolute atomic E-state index is 0.155. The van der Waals surface area contributed by atoms with Crippen LogP contribution in [0.5, 0.6) is 0 Å². The van der Waals surface area contributed by atoms with Crippen molar-refractivity contribution in [3.05, 3.63) is 108 Å². The van der Waals surface area contributed by atoms with E-state index in [1.807, 2.05) is 48.5 Å². The second kappa shape index (κ2) is 8.52. The Bertz CT molecular complexity index is 1040. The SMILES string of the molecule is C=C/C(N)=C(\C=C)C(=O)c1ccc(CSc2ccc3ccccc3n2)cc1. The number of fused-ring (bicyclic) bond motifs is 1. The molecule has 0 radical (unpaired) electrons. The number of hydrogen-bond donors (Lipinski definition) is 1. The Kier molecular flexibility index (Phi) is 5.89. The van der Waals surface area contributed by atoms with Crippen molar-refractivity contribution < 1.29 is 4.79 Å². The standard InChI is InChI=1S/C23H20N2OS/c1-3-19(20(24)4-2)23(26)18-11-9-16(10-12-18)15-27-22-14-13-17-7-5-6-8-21(17)25-22/h3-14H,1-2,15,24H2/b20-19-. The molecule has 0 unspecified atom stereocenters. The van der Waals surface area contributed by atoms with Gasteiger partial charge in [-0.25, -0.2) is 4.98 Å². The predicted octanol–water partition coefficient (Wildman–Crippen LogP) is 5.29. The molecule has 0 spiro atoms. The fourth-order valence-electron chi connectivity index (χ4n) is 2.64. The number of pyridine rings is 1. The number of nitrogens with two attached hydrogens (primary N) is 1. The number of carbonyl (C=O) groups excluding carboxylic acids is 1. The Morgan fingerprint density at radius 1 is 1.00 bits per heavy atom. The van der Waals surface area contributed by atoms with Crippen molar-refractivity contribution in [2.24, 2.45) is 5.73 Å². The first-order valence-corrected chi connectivity index (χ1v) is 9.48. The van der Waals surface area contributed by atoms with E-state index in [-0.39, 0.29) is 5.78 Å². The highest BCUT2D eigenvalue weighted by Gasteiger charge is 2.12. The maximum atomic E-state index is 12.5. The average Bonchev–Trinajstić information content (AvgIpc) is 2.72. The van der Waals surface area contributed by atoms with E-state index in [4.69, 9.17) is 5.73 Å². The average molecular weight is 372 g/mol. The molecular formula is C23H20N2OS. The van der Waals surface area contributed by atoms with Crippen LogP contribution in [0.3, 0.4) is 0 Å². The molecule has 2 aromatic carbocycles. The molecule has 3 rings (SSSR count). The van der Waals surface area contributed by atoms with Gasteiger partial charge in [-0.1, -0.05) is 67.8 Å². The Morgan fingerprint density at radius 2 is 1.74 bits per heavy atom. The van der Waals surface area contributed by atoms with E-state index in [0.29, 0.717) is 16.8 Å². The molecule has 0 aliphatic heterocycles. The first kappa shape index (κ1) is 18.7. The quantitative estimate of drug-likeness (QED) is 0.265. The van der Waals surface area contributed by atoms with Crippen LogP contribution in [0.25, 0.3) is 10.9 Å². The van der Waals surface area contributed by atoms with Crippen molar-refractivity contribution in [2.75, 3.05) is 0 Å². The summed E-state index contributed by atoms with van der Waals surface area (Å²) in [4.78, 5) is 17.2. The summed E-state index contributed by atoms with van der Waals surface area (Å²) in [5.41, 5.74) is 9.19. The smallest absolute Gasteiger partial charge is 0.195 e. The van der Waals surface area contributed by atoms with Crippen molar-refractivity contribution in [1.82, 2.24) is 4.98 Å². The highest BCUT2D eigenvalue weighted by Crippen LogP contribution is 2.24. The Morgan fingerprint density at radius 3 is 2.44 bits per heavy atom. The molecule has 0 aliphatic carbocycles. The highest BCUT2D eigenvalue weighted by molar-refractivity contribution is 7.98. The van der Waals surface area contributed by atoms with Gasteiger partial charge in [-0.15, -0.1) is 11.8 Å². The van der Waals surface area contributed by atoms with Crippen molar-refractivity contribution in [2.45, 2.75) is 10.8 Å². The number of aromatic nitrogens is 1. The van der Waals surface area contributed by atoms with Gasteiger partial charge in [0, 0.05) is 28.0 Å². The van der Waals surface area contributed by atoms with E-state index in [1.54, 1.807) is 11.8 Å². The van der Waals surface area contributed by atoms with Gasteiger partial charge in [-0.05, 0) is 23.8 Å². The third-order valence-electron chi connectivity index (χ3n) is 4.16. The number of ketones is 1. The number of nitrogens with zero attached hydrogens (tertiary/aromatic N) is 1. The van der Waals surface area contributed by atoms with Gasteiger partial charge in [0.2, 0.25) is 0 Å². The number of Topliss-reactive ketones (excluding diaryl/α,β-unsaturated/α-hetero) is 1. The molecule has 0 fully saturated rings. The van der Waals surface area contributed by atoms with Gasteiger partial charge >= 0.3 is 0 Å². The van der Waals surface area contributed by atoms with Gasteiger partial charge in [0.25, 0.3) is 0 Å². The molecule has 4 heteroatoms. The van der Waals surface area contributed by atoms with Crippen LogP contribution in [0.15, 0.2) is 102 Å². The van der Waals surface area contributed by atoms with Gasteiger partial charge < -0.3 is 5.73 Å². The number of hydrogen-bond acceptors (Lipinski definition) is 4. The molecule has 0 amide bonds. The van der Waals surface area contributed by atoms with E-state index < -0.39 is 0 Å². The van der Waals surface area contributed by atoms with E-state index in [0.717, 1.165) is 27.2 Å². The molecule has 2 N–H and O–H groups in total. The molecule has 0 saturated heterocycles. The monoisotopic (exact) mass is 372 g/mol. The zero-order valence-corrected chi connectivity index (χ0v) is 15.7. The molecule has 134 valence electrons. The van der Waals surface area contributed by atoms with Crippen LogP contribution in [-0.2, 0) is 5.75 Å². The zero-order valence-electron chi connectivity index (χ0n) is 14.9. The van der Waals surface area contributed by atoms with Crippen molar-refractivity contribution in [3.8, 4) is 0 Å². The number of thioether (sulfide) groups is 1. The topological polar surface area (TPSA) is 56.0 Å².